The minimum Gasteiger partial charge on any atom is -0.302 e. The lowest BCUT2D eigenvalue weighted by atomic mass is 9.64. The van der Waals surface area contributed by atoms with Crippen LogP contribution in [0, 0.1) is 11.8 Å². The van der Waals surface area contributed by atoms with Crippen LogP contribution in [-0.2, 0) is 4.79 Å². The Hall–Kier alpha value is -3.53. The van der Waals surface area contributed by atoms with Crippen LogP contribution in [0.2, 0.25) is 0 Å². The highest BCUT2D eigenvalue weighted by atomic mass is 16.1. The Morgan fingerprint density at radius 1 is 0.382 bits per heavy atom. The SMILES string of the molecule is O=C1C2[C@@H](c3ccccc3)N[C@@H](c3ccccc3)C1[C@H](c1ccccc1)N[C@@H]2c1ccccc1. The van der Waals surface area contributed by atoms with Gasteiger partial charge in [0.2, 0.25) is 0 Å². The molecule has 34 heavy (non-hydrogen) atoms. The minimum atomic E-state index is -0.199. The number of carbonyl (C=O) groups is 1. The Morgan fingerprint density at radius 2 is 0.618 bits per heavy atom. The Balaban J connectivity index is 1.52. The summed E-state index contributed by atoms with van der Waals surface area (Å²) in [5.41, 5.74) is 4.62. The highest BCUT2D eigenvalue weighted by Gasteiger charge is 2.55. The molecule has 2 aliphatic rings. The third kappa shape index (κ3) is 3.67. The molecule has 0 spiro atoms. The van der Waals surface area contributed by atoms with Crippen LogP contribution in [0.4, 0.5) is 0 Å². The number of nitrogens with one attached hydrogen (secondary N) is 2. The van der Waals surface area contributed by atoms with Crippen molar-refractivity contribution in [3.05, 3.63) is 144 Å². The van der Waals surface area contributed by atoms with Crippen molar-refractivity contribution in [3.63, 3.8) is 0 Å². The van der Waals surface area contributed by atoms with Crippen LogP contribution in [0.1, 0.15) is 46.4 Å². The molecule has 2 heterocycles. The molecule has 0 saturated carbocycles. The van der Waals surface area contributed by atoms with E-state index in [-0.39, 0.29) is 36.0 Å². The standard InChI is InChI=1S/C31H28N2O/c34-31-25-27(21-13-5-1-6-14-21)32-29(23-17-9-3-10-18-23)26(31)30(24-19-11-4-12-20-24)33-28(25)22-15-7-2-8-16-22/h1-20,25-30,32-33H/t25?,26?,27-,28-,29+,30+. The number of carbonyl (C=O) groups excluding carboxylic acids is 1. The van der Waals surface area contributed by atoms with E-state index in [1.54, 1.807) is 0 Å². The molecule has 0 radical (unpaired) electrons. The Labute approximate surface area is 200 Å². The van der Waals surface area contributed by atoms with Crippen LogP contribution in [0.15, 0.2) is 121 Å². The van der Waals surface area contributed by atoms with E-state index in [0.29, 0.717) is 5.78 Å². The summed E-state index contributed by atoms with van der Waals surface area (Å²) in [4.78, 5) is 14.5. The number of ketones is 1. The number of piperidine rings is 2. The van der Waals surface area contributed by atoms with Crippen molar-refractivity contribution in [1.82, 2.24) is 10.6 Å². The number of rotatable bonds is 4. The van der Waals surface area contributed by atoms with Crippen LogP contribution in [0.3, 0.4) is 0 Å². The van der Waals surface area contributed by atoms with Crippen LogP contribution < -0.4 is 10.6 Å². The van der Waals surface area contributed by atoms with Gasteiger partial charge in [0.1, 0.15) is 5.78 Å². The lowest BCUT2D eigenvalue weighted by molar-refractivity contribution is -0.139. The fourth-order valence-electron chi connectivity index (χ4n) is 5.92. The van der Waals surface area contributed by atoms with Crippen molar-refractivity contribution >= 4 is 5.78 Å². The van der Waals surface area contributed by atoms with Crippen molar-refractivity contribution in [2.24, 2.45) is 11.8 Å². The van der Waals surface area contributed by atoms with E-state index in [9.17, 15) is 4.79 Å². The van der Waals surface area contributed by atoms with Gasteiger partial charge in [-0.05, 0) is 22.3 Å². The normalized spacial score (nSPS) is 28.4. The van der Waals surface area contributed by atoms with E-state index < -0.39 is 0 Å². The summed E-state index contributed by atoms with van der Waals surface area (Å²) in [5.74, 6) is -0.0626. The fraction of sp³-hybridized carbons (Fsp3) is 0.194. The van der Waals surface area contributed by atoms with Crippen molar-refractivity contribution in [2.45, 2.75) is 24.2 Å². The van der Waals surface area contributed by atoms with E-state index in [0.717, 1.165) is 22.3 Å². The molecule has 0 aliphatic carbocycles. The maximum absolute atomic E-state index is 14.5. The molecule has 4 atom stereocenters. The molecule has 168 valence electrons. The number of hydrogen-bond acceptors (Lipinski definition) is 3. The number of fused-ring (bicyclic) bond motifs is 2. The van der Waals surface area contributed by atoms with Gasteiger partial charge in [0, 0.05) is 24.2 Å². The molecule has 0 unspecified atom stereocenters. The molecule has 0 aromatic heterocycles. The smallest absolute Gasteiger partial charge is 0.146 e. The summed E-state index contributed by atoms with van der Waals surface area (Å²) in [6, 6.07) is 41.4. The third-order valence-corrected chi connectivity index (χ3v) is 7.45. The first kappa shape index (κ1) is 21.0. The van der Waals surface area contributed by atoms with E-state index >= 15 is 0 Å². The second kappa shape index (κ2) is 9.02. The molecular formula is C31H28N2O. The average Bonchev–Trinajstić information content (AvgIpc) is 2.91. The largest absolute Gasteiger partial charge is 0.302 e. The molecule has 2 bridgehead atoms. The van der Waals surface area contributed by atoms with Crippen LogP contribution in [0.5, 0.6) is 0 Å². The van der Waals surface area contributed by atoms with Crippen LogP contribution in [0.25, 0.3) is 0 Å². The molecular weight excluding hydrogens is 416 g/mol. The van der Waals surface area contributed by atoms with Gasteiger partial charge < -0.3 is 10.6 Å². The van der Waals surface area contributed by atoms with E-state index in [1.807, 2.05) is 24.3 Å². The first-order valence-electron chi connectivity index (χ1n) is 12.1. The average molecular weight is 445 g/mol. The van der Waals surface area contributed by atoms with Crippen molar-refractivity contribution in [1.29, 1.82) is 0 Å². The summed E-state index contributed by atoms with van der Waals surface area (Å²) in [6.45, 7) is 0. The van der Waals surface area contributed by atoms with Crippen molar-refractivity contribution < 1.29 is 4.79 Å². The maximum atomic E-state index is 14.5. The third-order valence-electron chi connectivity index (χ3n) is 7.45. The summed E-state index contributed by atoms with van der Waals surface area (Å²) in [6.07, 6.45) is 0. The molecule has 2 N–H and O–H groups in total. The molecule has 6 rings (SSSR count). The first-order valence-corrected chi connectivity index (χ1v) is 12.1. The van der Waals surface area contributed by atoms with E-state index in [4.69, 9.17) is 0 Å². The quantitative estimate of drug-likeness (QED) is 0.408. The molecule has 2 saturated heterocycles. The Bertz CT molecular complexity index is 1050. The monoisotopic (exact) mass is 444 g/mol. The minimum absolute atomic E-state index is 0.0791. The van der Waals surface area contributed by atoms with Gasteiger partial charge in [-0.2, -0.15) is 0 Å². The van der Waals surface area contributed by atoms with Gasteiger partial charge in [0.05, 0.1) is 11.8 Å². The summed E-state index contributed by atoms with van der Waals surface area (Å²) >= 11 is 0. The Kier molecular flexibility index (Phi) is 5.58. The number of benzene rings is 4. The number of Topliss-reactive ketones (excluding diaryl/α,β-unsaturated/α-hetero) is 1. The summed E-state index contributed by atoms with van der Waals surface area (Å²) < 4.78 is 0. The zero-order valence-corrected chi connectivity index (χ0v) is 18.9. The predicted octanol–water partition coefficient (Wildman–Crippen LogP) is 5.96. The predicted molar refractivity (Wildman–Crippen MR) is 135 cm³/mol. The topological polar surface area (TPSA) is 41.1 Å². The Morgan fingerprint density at radius 3 is 0.853 bits per heavy atom. The summed E-state index contributed by atoms with van der Waals surface area (Å²) in [7, 11) is 0. The highest BCUT2D eigenvalue weighted by molar-refractivity contribution is 5.89. The van der Waals surface area contributed by atoms with Gasteiger partial charge >= 0.3 is 0 Å². The second-order valence-corrected chi connectivity index (χ2v) is 9.34. The molecule has 3 heteroatoms. The first-order chi connectivity index (χ1) is 16.8. The van der Waals surface area contributed by atoms with Crippen molar-refractivity contribution in [3.8, 4) is 0 Å². The molecule has 4 aromatic rings. The lowest BCUT2D eigenvalue weighted by Crippen LogP contribution is -2.60. The number of hydrogen-bond donors (Lipinski definition) is 2. The zero-order chi connectivity index (χ0) is 22.9. The van der Waals surface area contributed by atoms with Crippen molar-refractivity contribution in [2.75, 3.05) is 0 Å². The highest BCUT2D eigenvalue weighted by Crippen LogP contribution is 2.51. The second-order valence-electron chi connectivity index (χ2n) is 9.34. The van der Waals surface area contributed by atoms with Gasteiger partial charge in [0.25, 0.3) is 0 Å². The van der Waals surface area contributed by atoms with Gasteiger partial charge in [0.15, 0.2) is 0 Å². The fourth-order valence-corrected chi connectivity index (χ4v) is 5.92. The molecule has 4 aromatic carbocycles. The van der Waals surface area contributed by atoms with Gasteiger partial charge in [-0.25, -0.2) is 0 Å². The van der Waals surface area contributed by atoms with Crippen LogP contribution >= 0.6 is 0 Å². The van der Waals surface area contributed by atoms with Crippen LogP contribution in [-0.4, -0.2) is 5.78 Å². The maximum Gasteiger partial charge on any atom is 0.146 e. The van der Waals surface area contributed by atoms with Gasteiger partial charge in [-0.3, -0.25) is 4.79 Å². The van der Waals surface area contributed by atoms with Gasteiger partial charge in [-0.15, -0.1) is 0 Å². The van der Waals surface area contributed by atoms with E-state index in [1.165, 1.54) is 0 Å². The summed E-state index contributed by atoms with van der Waals surface area (Å²) in [5, 5.41) is 7.91. The molecule has 2 fully saturated rings. The van der Waals surface area contributed by atoms with Gasteiger partial charge in [-0.1, -0.05) is 121 Å². The molecule has 0 amide bonds. The lowest BCUT2D eigenvalue weighted by Gasteiger charge is -2.52. The zero-order valence-electron chi connectivity index (χ0n) is 18.9. The molecule has 2 aliphatic heterocycles. The molecule has 3 nitrogen and oxygen atoms in total. The van der Waals surface area contributed by atoms with E-state index in [2.05, 4.69) is 108 Å².